The number of amides is 2. The number of carbonyl (C=O) groups excluding carboxylic acids is 3. The first-order chi connectivity index (χ1) is 11.6. The smallest absolute Gasteiger partial charge is 0.312 e. The van der Waals surface area contributed by atoms with Crippen molar-refractivity contribution in [2.75, 3.05) is 13.2 Å². The summed E-state index contributed by atoms with van der Waals surface area (Å²) in [6, 6.07) is 5.19. The molecule has 0 saturated carbocycles. The van der Waals surface area contributed by atoms with Crippen LogP contribution in [0.15, 0.2) is 18.2 Å². The molecule has 1 aromatic carbocycles. The van der Waals surface area contributed by atoms with E-state index in [0.717, 1.165) is 32.1 Å². The highest BCUT2D eigenvalue weighted by Gasteiger charge is 2.15. The van der Waals surface area contributed by atoms with Gasteiger partial charge in [-0.1, -0.05) is 18.6 Å². The van der Waals surface area contributed by atoms with Crippen molar-refractivity contribution in [2.24, 2.45) is 5.73 Å². The Labute approximate surface area is 141 Å². The zero-order chi connectivity index (χ0) is 17.4. The van der Waals surface area contributed by atoms with Gasteiger partial charge in [0.1, 0.15) is 0 Å². The van der Waals surface area contributed by atoms with E-state index in [-0.39, 0.29) is 24.8 Å². The van der Waals surface area contributed by atoms with Crippen LogP contribution in [0.2, 0.25) is 0 Å². The number of ether oxygens (including phenoxy) is 1. The quantitative estimate of drug-likeness (QED) is 0.411. The second-order valence-corrected chi connectivity index (χ2v) is 6.02. The predicted molar refractivity (Wildman–Crippen MR) is 89.8 cm³/mol. The van der Waals surface area contributed by atoms with Gasteiger partial charge in [0.15, 0.2) is 12.4 Å². The molecule has 3 N–H and O–H groups in total. The zero-order valence-corrected chi connectivity index (χ0v) is 13.8. The van der Waals surface area contributed by atoms with Crippen molar-refractivity contribution in [1.82, 2.24) is 5.32 Å². The van der Waals surface area contributed by atoms with Crippen molar-refractivity contribution in [2.45, 2.75) is 44.9 Å². The Morgan fingerprint density at radius 2 is 1.88 bits per heavy atom. The first-order valence-corrected chi connectivity index (χ1v) is 8.40. The molecule has 0 atom stereocenters. The SMILES string of the molecule is NC(=O)NCCCCCC(=O)OCC(=O)c1ccc2c(c1)CCC2. The first kappa shape index (κ1) is 18.0. The maximum Gasteiger partial charge on any atom is 0.312 e. The van der Waals surface area contributed by atoms with Gasteiger partial charge in [-0.25, -0.2) is 4.79 Å². The monoisotopic (exact) mass is 332 g/mol. The Hall–Kier alpha value is -2.37. The summed E-state index contributed by atoms with van der Waals surface area (Å²) in [5, 5.41) is 2.49. The van der Waals surface area contributed by atoms with Crippen LogP contribution < -0.4 is 11.1 Å². The average molecular weight is 332 g/mol. The summed E-state index contributed by atoms with van der Waals surface area (Å²) < 4.78 is 5.04. The van der Waals surface area contributed by atoms with Crippen LogP contribution in [-0.4, -0.2) is 30.9 Å². The van der Waals surface area contributed by atoms with E-state index < -0.39 is 6.03 Å². The summed E-state index contributed by atoms with van der Waals surface area (Å²) in [6.07, 6.45) is 5.70. The molecule has 2 rings (SSSR count). The van der Waals surface area contributed by atoms with E-state index in [1.165, 1.54) is 11.1 Å². The highest BCUT2D eigenvalue weighted by atomic mass is 16.5. The molecule has 1 aliphatic carbocycles. The number of Topliss-reactive ketones (excluding diaryl/α,β-unsaturated/α-hetero) is 1. The average Bonchev–Trinajstić information content (AvgIpc) is 3.03. The van der Waals surface area contributed by atoms with Crippen molar-refractivity contribution in [3.05, 3.63) is 34.9 Å². The Balaban J connectivity index is 1.63. The molecule has 24 heavy (non-hydrogen) atoms. The molecular formula is C18H24N2O4. The molecule has 0 bridgehead atoms. The van der Waals surface area contributed by atoms with Crippen molar-refractivity contribution in [1.29, 1.82) is 0 Å². The number of ketones is 1. The fourth-order valence-corrected chi connectivity index (χ4v) is 2.83. The minimum Gasteiger partial charge on any atom is -0.457 e. The maximum atomic E-state index is 12.1. The number of hydrogen-bond acceptors (Lipinski definition) is 4. The summed E-state index contributed by atoms with van der Waals surface area (Å²) in [5.74, 6) is -0.531. The van der Waals surface area contributed by atoms with E-state index in [2.05, 4.69) is 5.32 Å². The Morgan fingerprint density at radius 3 is 2.67 bits per heavy atom. The Kier molecular flexibility index (Phi) is 6.78. The van der Waals surface area contributed by atoms with Crippen molar-refractivity contribution < 1.29 is 19.1 Å². The summed E-state index contributed by atoms with van der Waals surface area (Å²) in [4.78, 5) is 34.2. The molecular weight excluding hydrogens is 308 g/mol. The van der Waals surface area contributed by atoms with Gasteiger partial charge >= 0.3 is 12.0 Å². The second-order valence-electron chi connectivity index (χ2n) is 6.02. The number of primary amides is 1. The first-order valence-electron chi connectivity index (χ1n) is 8.40. The number of carbonyl (C=O) groups is 3. The fourth-order valence-electron chi connectivity index (χ4n) is 2.83. The largest absolute Gasteiger partial charge is 0.457 e. The molecule has 0 spiro atoms. The molecule has 1 aromatic rings. The van der Waals surface area contributed by atoms with Gasteiger partial charge in [0, 0.05) is 18.5 Å². The third-order valence-corrected chi connectivity index (χ3v) is 4.14. The number of nitrogens with two attached hydrogens (primary N) is 1. The molecule has 130 valence electrons. The number of esters is 1. The summed E-state index contributed by atoms with van der Waals surface area (Å²) in [7, 11) is 0. The Bertz CT molecular complexity index is 613. The topological polar surface area (TPSA) is 98.5 Å². The van der Waals surface area contributed by atoms with E-state index in [0.29, 0.717) is 18.5 Å². The van der Waals surface area contributed by atoms with Gasteiger partial charge in [0.2, 0.25) is 0 Å². The van der Waals surface area contributed by atoms with Gasteiger partial charge in [-0.15, -0.1) is 0 Å². The second kappa shape index (κ2) is 9.05. The molecule has 0 saturated heterocycles. The van der Waals surface area contributed by atoms with Crippen LogP contribution in [0.4, 0.5) is 4.79 Å². The highest BCUT2D eigenvalue weighted by molar-refractivity contribution is 5.98. The summed E-state index contributed by atoms with van der Waals surface area (Å²) in [5.41, 5.74) is 8.10. The molecule has 1 aliphatic rings. The summed E-state index contributed by atoms with van der Waals surface area (Å²) >= 11 is 0. The molecule has 0 aromatic heterocycles. The number of urea groups is 1. The van der Waals surface area contributed by atoms with Crippen LogP contribution in [0, 0.1) is 0 Å². The van der Waals surface area contributed by atoms with Gasteiger partial charge in [0.05, 0.1) is 0 Å². The van der Waals surface area contributed by atoms with Crippen molar-refractivity contribution in [3.63, 3.8) is 0 Å². The third kappa shape index (κ3) is 5.68. The predicted octanol–water partition coefficient (Wildman–Crippen LogP) is 2.13. The number of benzene rings is 1. The highest BCUT2D eigenvalue weighted by Crippen LogP contribution is 2.23. The molecule has 2 amide bonds. The minimum atomic E-state index is -0.542. The molecule has 6 nitrogen and oxygen atoms in total. The van der Waals surface area contributed by atoms with Gasteiger partial charge < -0.3 is 15.8 Å². The lowest BCUT2D eigenvalue weighted by Crippen LogP contribution is -2.29. The van der Waals surface area contributed by atoms with Gasteiger partial charge in [-0.3, -0.25) is 9.59 Å². The number of nitrogens with one attached hydrogen (secondary N) is 1. The molecule has 0 radical (unpaired) electrons. The third-order valence-electron chi connectivity index (χ3n) is 4.14. The van der Waals surface area contributed by atoms with Crippen LogP contribution >= 0.6 is 0 Å². The maximum absolute atomic E-state index is 12.1. The normalized spacial score (nSPS) is 12.5. The van der Waals surface area contributed by atoms with E-state index >= 15 is 0 Å². The van der Waals surface area contributed by atoms with E-state index in [4.69, 9.17) is 10.5 Å². The van der Waals surface area contributed by atoms with Gasteiger partial charge in [0.25, 0.3) is 0 Å². The van der Waals surface area contributed by atoms with Crippen LogP contribution in [0.5, 0.6) is 0 Å². The van der Waals surface area contributed by atoms with Crippen LogP contribution in [0.1, 0.15) is 53.6 Å². The number of aryl methyl sites for hydroxylation is 2. The molecule has 0 fully saturated rings. The minimum absolute atomic E-state index is 0.163. The fraction of sp³-hybridized carbons (Fsp3) is 0.500. The Morgan fingerprint density at radius 1 is 1.08 bits per heavy atom. The number of fused-ring (bicyclic) bond motifs is 1. The molecule has 0 aliphatic heterocycles. The van der Waals surface area contributed by atoms with Crippen LogP contribution in [0.3, 0.4) is 0 Å². The number of unbranched alkanes of at least 4 members (excludes halogenated alkanes) is 2. The van der Waals surface area contributed by atoms with Gasteiger partial charge in [-0.05, 0) is 49.3 Å². The summed E-state index contributed by atoms with van der Waals surface area (Å²) in [6.45, 7) is 0.294. The van der Waals surface area contributed by atoms with E-state index in [9.17, 15) is 14.4 Å². The van der Waals surface area contributed by atoms with Crippen molar-refractivity contribution >= 4 is 17.8 Å². The number of hydrogen-bond donors (Lipinski definition) is 2. The van der Waals surface area contributed by atoms with Crippen LogP contribution in [0.25, 0.3) is 0 Å². The number of rotatable bonds is 9. The van der Waals surface area contributed by atoms with E-state index in [1.807, 2.05) is 18.2 Å². The lowest BCUT2D eigenvalue weighted by atomic mass is 10.0. The zero-order valence-electron chi connectivity index (χ0n) is 13.8. The molecule has 6 heteroatoms. The lowest BCUT2D eigenvalue weighted by Gasteiger charge is -2.06. The van der Waals surface area contributed by atoms with Crippen molar-refractivity contribution in [3.8, 4) is 0 Å². The standard InChI is InChI=1S/C18H24N2O4/c19-18(23)20-10-3-1-2-7-17(22)24-12-16(21)15-9-8-13-5-4-6-14(13)11-15/h8-9,11H,1-7,10,12H2,(H3,19,20,23). The lowest BCUT2D eigenvalue weighted by molar-refractivity contribution is -0.142. The van der Waals surface area contributed by atoms with Gasteiger partial charge in [-0.2, -0.15) is 0 Å². The van der Waals surface area contributed by atoms with E-state index in [1.54, 1.807) is 0 Å². The van der Waals surface area contributed by atoms with Crippen LogP contribution in [-0.2, 0) is 22.4 Å². The molecule has 0 heterocycles. The molecule has 0 unspecified atom stereocenters.